The zero-order valence-corrected chi connectivity index (χ0v) is 8.83. The second-order valence-corrected chi connectivity index (χ2v) is 3.57. The van der Waals surface area contributed by atoms with Crippen LogP contribution in [0.4, 0.5) is 4.39 Å². The van der Waals surface area contributed by atoms with Crippen molar-refractivity contribution in [2.24, 2.45) is 5.73 Å². The third kappa shape index (κ3) is 3.32. The summed E-state index contributed by atoms with van der Waals surface area (Å²) in [5.74, 6) is -0.503. The highest BCUT2D eigenvalue weighted by Gasteiger charge is 2.12. The molecule has 3 N–H and O–H groups in total. The smallest absolute Gasteiger partial charge is 0.237 e. The molecule has 0 aliphatic carbocycles. The lowest BCUT2D eigenvalue weighted by molar-refractivity contribution is -0.122. The molecule has 1 aromatic rings. The molecule has 0 heterocycles. The molecule has 82 valence electrons. The van der Waals surface area contributed by atoms with Crippen LogP contribution in [-0.2, 0) is 4.79 Å². The van der Waals surface area contributed by atoms with Crippen LogP contribution in [0.15, 0.2) is 24.3 Å². The molecule has 0 aliphatic rings. The molecular weight excluding hydrogens is 195 g/mol. The highest BCUT2D eigenvalue weighted by atomic mass is 19.1. The average molecular weight is 210 g/mol. The summed E-state index contributed by atoms with van der Waals surface area (Å²) >= 11 is 0. The van der Waals surface area contributed by atoms with Crippen LogP contribution in [0.5, 0.6) is 0 Å². The molecule has 2 atom stereocenters. The van der Waals surface area contributed by atoms with Crippen molar-refractivity contribution in [1.29, 1.82) is 0 Å². The van der Waals surface area contributed by atoms with Crippen molar-refractivity contribution in [2.45, 2.75) is 25.9 Å². The maximum atomic E-state index is 12.6. The van der Waals surface area contributed by atoms with Crippen LogP contribution in [0.3, 0.4) is 0 Å². The topological polar surface area (TPSA) is 55.1 Å². The number of rotatable bonds is 3. The van der Waals surface area contributed by atoms with Gasteiger partial charge in [-0.3, -0.25) is 4.79 Å². The molecule has 0 aliphatic heterocycles. The van der Waals surface area contributed by atoms with E-state index in [2.05, 4.69) is 5.32 Å². The minimum Gasteiger partial charge on any atom is -0.348 e. The van der Waals surface area contributed by atoms with Gasteiger partial charge in [0.1, 0.15) is 5.82 Å². The molecule has 0 spiro atoms. The highest BCUT2D eigenvalue weighted by Crippen LogP contribution is 2.12. The maximum absolute atomic E-state index is 12.6. The van der Waals surface area contributed by atoms with Crippen molar-refractivity contribution in [2.75, 3.05) is 0 Å². The minimum atomic E-state index is -0.534. The summed E-state index contributed by atoms with van der Waals surface area (Å²) in [5.41, 5.74) is 6.27. The Morgan fingerprint density at radius 1 is 1.33 bits per heavy atom. The maximum Gasteiger partial charge on any atom is 0.237 e. The van der Waals surface area contributed by atoms with Gasteiger partial charge in [0.05, 0.1) is 12.1 Å². The molecule has 4 heteroatoms. The van der Waals surface area contributed by atoms with Crippen LogP contribution in [0, 0.1) is 5.82 Å². The molecule has 0 saturated heterocycles. The Labute approximate surface area is 88.5 Å². The number of hydrogen-bond donors (Lipinski definition) is 2. The van der Waals surface area contributed by atoms with Crippen molar-refractivity contribution < 1.29 is 9.18 Å². The molecule has 1 aromatic carbocycles. The number of carbonyl (C=O) groups is 1. The largest absolute Gasteiger partial charge is 0.348 e. The van der Waals surface area contributed by atoms with Gasteiger partial charge in [0.15, 0.2) is 0 Å². The van der Waals surface area contributed by atoms with E-state index in [4.69, 9.17) is 5.73 Å². The number of nitrogens with one attached hydrogen (secondary N) is 1. The first-order valence-electron chi connectivity index (χ1n) is 4.82. The molecule has 3 nitrogen and oxygen atoms in total. The third-order valence-corrected chi connectivity index (χ3v) is 2.14. The second-order valence-electron chi connectivity index (χ2n) is 3.57. The predicted octanol–water partition coefficient (Wildman–Crippen LogP) is 1.35. The van der Waals surface area contributed by atoms with Gasteiger partial charge in [-0.15, -0.1) is 0 Å². The van der Waals surface area contributed by atoms with Gasteiger partial charge in [-0.1, -0.05) is 12.1 Å². The molecule has 0 bridgehead atoms. The summed E-state index contributed by atoms with van der Waals surface area (Å²) in [6, 6.07) is 5.31. The molecule has 0 aromatic heterocycles. The molecule has 0 fully saturated rings. The van der Waals surface area contributed by atoms with Gasteiger partial charge in [0.25, 0.3) is 0 Å². The van der Waals surface area contributed by atoms with Gasteiger partial charge in [-0.25, -0.2) is 4.39 Å². The van der Waals surface area contributed by atoms with Crippen LogP contribution >= 0.6 is 0 Å². The fraction of sp³-hybridized carbons (Fsp3) is 0.364. The van der Waals surface area contributed by atoms with E-state index >= 15 is 0 Å². The lowest BCUT2D eigenvalue weighted by Gasteiger charge is -2.15. The van der Waals surface area contributed by atoms with E-state index < -0.39 is 6.04 Å². The van der Waals surface area contributed by atoms with Crippen molar-refractivity contribution >= 4 is 5.91 Å². The van der Waals surface area contributed by atoms with E-state index in [1.165, 1.54) is 12.1 Å². The second kappa shape index (κ2) is 4.89. The molecule has 1 amide bonds. The minimum absolute atomic E-state index is 0.163. The van der Waals surface area contributed by atoms with Gasteiger partial charge in [0.2, 0.25) is 5.91 Å². The Morgan fingerprint density at radius 3 is 2.33 bits per heavy atom. The monoisotopic (exact) mass is 210 g/mol. The summed E-state index contributed by atoms with van der Waals surface area (Å²) in [4.78, 5) is 11.3. The Kier molecular flexibility index (Phi) is 3.80. The van der Waals surface area contributed by atoms with E-state index in [0.717, 1.165) is 5.56 Å². The number of hydrogen-bond acceptors (Lipinski definition) is 2. The Bertz CT molecular complexity index is 335. The predicted molar refractivity (Wildman–Crippen MR) is 56.6 cm³/mol. The van der Waals surface area contributed by atoms with E-state index in [1.807, 2.05) is 6.92 Å². The fourth-order valence-electron chi connectivity index (χ4n) is 1.18. The van der Waals surface area contributed by atoms with Crippen molar-refractivity contribution in [3.8, 4) is 0 Å². The van der Waals surface area contributed by atoms with Crippen LogP contribution in [0.25, 0.3) is 0 Å². The number of halogens is 1. The lowest BCUT2D eigenvalue weighted by Crippen LogP contribution is -2.39. The fourth-order valence-corrected chi connectivity index (χ4v) is 1.18. The summed E-state index contributed by atoms with van der Waals surface area (Å²) in [7, 11) is 0. The Hall–Kier alpha value is -1.42. The summed E-state index contributed by atoms with van der Waals surface area (Å²) in [5, 5.41) is 2.73. The molecular formula is C11H15FN2O. The Morgan fingerprint density at radius 2 is 1.87 bits per heavy atom. The molecule has 1 rings (SSSR count). The first kappa shape index (κ1) is 11.7. The highest BCUT2D eigenvalue weighted by molar-refractivity contribution is 5.81. The van der Waals surface area contributed by atoms with Gasteiger partial charge in [-0.2, -0.15) is 0 Å². The first-order valence-corrected chi connectivity index (χ1v) is 4.82. The van der Waals surface area contributed by atoms with Crippen molar-refractivity contribution in [3.63, 3.8) is 0 Å². The Balaban J connectivity index is 2.65. The van der Waals surface area contributed by atoms with E-state index in [0.29, 0.717) is 0 Å². The summed E-state index contributed by atoms with van der Waals surface area (Å²) in [6.07, 6.45) is 0. The zero-order chi connectivity index (χ0) is 11.4. The van der Waals surface area contributed by atoms with Crippen molar-refractivity contribution in [3.05, 3.63) is 35.6 Å². The molecule has 1 unspecified atom stereocenters. The van der Waals surface area contributed by atoms with Crippen LogP contribution < -0.4 is 11.1 Å². The van der Waals surface area contributed by atoms with Crippen molar-refractivity contribution in [1.82, 2.24) is 5.32 Å². The van der Waals surface area contributed by atoms with Gasteiger partial charge < -0.3 is 11.1 Å². The average Bonchev–Trinajstić information content (AvgIpc) is 2.18. The molecule has 15 heavy (non-hydrogen) atoms. The SMILES string of the molecule is CC(NC(=O)[C@H](C)N)c1ccc(F)cc1. The van der Waals surface area contributed by atoms with E-state index in [1.54, 1.807) is 19.1 Å². The van der Waals surface area contributed by atoms with Gasteiger partial charge >= 0.3 is 0 Å². The quantitative estimate of drug-likeness (QED) is 0.791. The van der Waals surface area contributed by atoms with E-state index in [9.17, 15) is 9.18 Å². The number of amides is 1. The van der Waals surface area contributed by atoms with Crippen LogP contribution in [0.1, 0.15) is 25.5 Å². The van der Waals surface area contributed by atoms with Gasteiger partial charge in [-0.05, 0) is 31.5 Å². The van der Waals surface area contributed by atoms with Gasteiger partial charge in [0, 0.05) is 0 Å². The normalized spacial score (nSPS) is 14.4. The zero-order valence-electron chi connectivity index (χ0n) is 8.83. The summed E-state index contributed by atoms with van der Waals surface area (Å²) in [6.45, 7) is 3.44. The third-order valence-electron chi connectivity index (χ3n) is 2.14. The molecule has 0 saturated carbocycles. The lowest BCUT2D eigenvalue weighted by atomic mass is 10.1. The van der Waals surface area contributed by atoms with Crippen LogP contribution in [-0.4, -0.2) is 11.9 Å². The van der Waals surface area contributed by atoms with Crippen LogP contribution in [0.2, 0.25) is 0 Å². The van der Waals surface area contributed by atoms with E-state index in [-0.39, 0.29) is 17.8 Å². The first-order chi connectivity index (χ1) is 7.00. The number of benzene rings is 1. The number of carbonyl (C=O) groups excluding carboxylic acids is 1. The number of nitrogens with two attached hydrogens (primary N) is 1. The summed E-state index contributed by atoms with van der Waals surface area (Å²) < 4.78 is 12.6. The molecule has 0 radical (unpaired) electrons. The standard InChI is InChI=1S/C11H15FN2O/c1-7(13)11(15)14-8(2)9-3-5-10(12)6-4-9/h3-8H,13H2,1-2H3,(H,14,15)/t7-,8?/m0/s1.